The number of nitrogens with one attached hydrogen (secondary N) is 2. The minimum Gasteiger partial charge on any atom is -0.481 e. The number of esters is 2. The highest BCUT2D eigenvalue weighted by Crippen LogP contribution is 2.42. The van der Waals surface area contributed by atoms with Crippen LogP contribution in [-0.2, 0) is 32.2 Å². The van der Waals surface area contributed by atoms with Crippen molar-refractivity contribution in [1.29, 1.82) is 0 Å². The monoisotopic (exact) mass is 763 g/mol. The normalized spacial score (nSPS) is 12.4. The van der Waals surface area contributed by atoms with E-state index in [0.717, 1.165) is 11.1 Å². The molecule has 0 aliphatic carbocycles. The van der Waals surface area contributed by atoms with Crippen molar-refractivity contribution >= 4 is 40.8 Å². The standard InChI is InChI=1S/C38H39Cl2N5O8/c1-51-33(48)15-25(46)20-41-17-23-10-11-31(44-37(23)53-3)30-9-5-8-29(36(30)40)28-7-4-6-27(35(28)39)22-12-13-45-32(14-22)43-19-24(38(45)50)18-42-21-26(47)16-34(49)52-2/h4-14,19,25-26,41-42,46-47H,15-18,20-21H2,1-3H3/t25-,26+/m1/s1. The highest BCUT2D eigenvalue weighted by molar-refractivity contribution is 6.39. The zero-order chi connectivity index (χ0) is 38.1. The molecule has 0 spiro atoms. The third-order valence-corrected chi connectivity index (χ3v) is 9.25. The average Bonchev–Trinajstić information content (AvgIpc) is 3.16. The molecule has 0 radical (unpaired) electrons. The van der Waals surface area contributed by atoms with E-state index in [-0.39, 0.29) is 38.0 Å². The third kappa shape index (κ3) is 9.57. The van der Waals surface area contributed by atoms with Crippen LogP contribution in [0.4, 0.5) is 0 Å². The Hall–Kier alpha value is -4.89. The van der Waals surface area contributed by atoms with Crippen LogP contribution in [0.2, 0.25) is 10.0 Å². The molecule has 0 saturated heterocycles. The molecule has 4 N–H and O–H groups in total. The zero-order valence-electron chi connectivity index (χ0n) is 29.3. The first-order valence-electron chi connectivity index (χ1n) is 16.6. The molecule has 13 nitrogen and oxygen atoms in total. The molecule has 5 rings (SSSR count). The summed E-state index contributed by atoms with van der Waals surface area (Å²) in [6.07, 6.45) is 0.998. The molecule has 0 amide bonds. The topological polar surface area (TPSA) is 174 Å². The van der Waals surface area contributed by atoms with Gasteiger partial charge in [0.15, 0.2) is 0 Å². The number of methoxy groups -OCH3 is 3. The summed E-state index contributed by atoms with van der Waals surface area (Å²) in [7, 11) is 4.04. The summed E-state index contributed by atoms with van der Waals surface area (Å²) in [6, 6.07) is 18.4. The van der Waals surface area contributed by atoms with Crippen molar-refractivity contribution in [1.82, 2.24) is 25.0 Å². The number of fused-ring (bicyclic) bond motifs is 1. The second kappa shape index (κ2) is 18.2. The fourth-order valence-corrected chi connectivity index (χ4v) is 6.34. The van der Waals surface area contributed by atoms with E-state index in [1.165, 1.54) is 31.9 Å². The van der Waals surface area contributed by atoms with E-state index < -0.39 is 24.1 Å². The van der Waals surface area contributed by atoms with Gasteiger partial charge in [0.1, 0.15) is 5.65 Å². The van der Waals surface area contributed by atoms with Crippen LogP contribution in [0.1, 0.15) is 24.0 Å². The molecule has 278 valence electrons. The smallest absolute Gasteiger partial charge is 0.308 e. The molecule has 0 fully saturated rings. The lowest BCUT2D eigenvalue weighted by molar-refractivity contribution is -0.143. The number of aromatic nitrogens is 3. The number of ether oxygens (including phenoxy) is 3. The molecular weight excluding hydrogens is 725 g/mol. The molecule has 5 aromatic rings. The van der Waals surface area contributed by atoms with Gasteiger partial charge >= 0.3 is 11.9 Å². The fourth-order valence-electron chi connectivity index (χ4n) is 5.68. The maximum absolute atomic E-state index is 13.2. The summed E-state index contributed by atoms with van der Waals surface area (Å²) in [5.41, 5.74) is 5.34. The van der Waals surface area contributed by atoms with E-state index in [0.29, 0.717) is 61.6 Å². The summed E-state index contributed by atoms with van der Waals surface area (Å²) >= 11 is 14.1. The number of rotatable bonds is 16. The Kier molecular flexibility index (Phi) is 13.5. The summed E-state index contributed by atoms with van der Waals surface area (Å²) in [5, 5.41) is 27.0. The molecular formula is C38H39Cl2N5O8. The van der Waals surface area contributed by atoms with Crippen LogP contribution in [0.25, 0.3) is 39.2 Å². The van der Waals surface area contributed by atoms with E-state index in [4.69, 9.17) is 32.9 Å². The number of nitrogens with zero attached hydrogens (tertiary/aromatic N) is 3. The Balaban J connectivity index is 1.35. The summed E-state index contributed by atoms with van der Waals surface area (Å²) in [6.45, 7) is 0.763. The number of hydrogen-bond donors (Lipinski definition) is 4. The van der Waals surface area contributed by atoms with Crippen LogP contribution < -0.4 is 20.9 Å². The van der Waals surface area contributed by atoms with Crippen molar-refractivity contribution in [2.24, 2.45) is 0 Å². The number of aliphatic hydroxyl groups is 2. The largest absolute Gasteiger partial charge is 0.481 e. The van der Waals surface area contributed by atoms with Crippen LogP contribution in [0.5, 0.6) is 5.88 Å². The lowest BCUT2D eigenvalue weighted by atomic mass is 9.97. The van der Waals surface area contributed by atoms with Gasteiger partial charge in [-0.2, -0.15) is 0 Å². The second-order valence-electron chi connectivity index (χ2n) is 12.1. The molecule has 3 aromatic heterocycles. The Morgan fingerprint density at radius 1 is 0.792 bits per heavy atom. The fraction of sp³-hybridized carbons (Fsp3) is 0.289. The second-order valence-corrected chi connectivity index (χ2v) is 12.8. The molecule has 3 heterocycles. The number of benzene rings is 2. The third-order valence-electron chi connectivity index (χ3n) is 8.44. The number of carbonyl (C=O) groups is 2. The zero-order valence-corrected chi connectivity index (χ0v) is 30.8. The number of pyridine rings is 2. The van der Waals surface area contributed by atoms with Gasteiger partial charge in [-0.25, -0.2) is 9.97 Å². The van der Waals surface area contributed by atoms with E-state index in [9.17, 15) is 24.6 Å². The first-order valence-corrected chi connectivity index (χ1v) is 17.3. The molecule has 0 saturated carbocycles. The lowest BCUT2D eigenvalue weighted by Crippen LogP contribution is -2.31. The van der Waals surface area contributed by atoms with Crippen LogP contribution >= 0.6 is 23.2 Å². The molecule has 2 aromatic carbocycles. The summed E-state index contributed by atoms with van der Waals surface area (Å²) in [4.78, 5) is 45.2. The lowest BCUT2D eigenvalue weighted by Gasteiger charge is -2.16. The van der Waals surface area contributed by atoms with Gasteiger partial charge in [-0.3, -0.25) is 18.8 Å². The number of hydrogen-bond acceptors (Lipinski definition) is 12. The highest BCUT2D eigenvalue weighted by Gasteiger charge is 2.19. The van der Waals surface area contributed by atoms with E-state index >= 15 is 0 Å². The van der Waals surface area contributed by atoms with Crippen molar-refractivity contribution in [3.05, 3.63) is 105 Å². The van der Waals surface area contributed by atoms with Gasteiger partial charge in [0.2, 0.25) is 5.88 Å². The van der Waals surface area contributed by atoms with E-state index in [1.54, 1.807) is 18.3 Å². The molecule has 2 atom stereocenters. The number of aliphatic hydroxyl groups excluding tert-OH is 2. The Morgan fingerprint density at radius 3 is 1.96 bits per heavy atom. The highest BCUT2D eigenvalue weighted by atomic mass is 35.5. The van der Waals surface area contributed by atoms with Gasteiger partial charge in [0.05, 0.1) is 62.1 Å². The number of halogens is 2. The van der Waals surface area contributed by atoms with E-state index in [1.807, 2.05) is 48.5 Å². The van der Waals surface area contributed by atoms with Gasteiger partial charge in [-0.15, -0.1) is 0 Å². The molecule has 0 unspecified atom stereocenters. The van der Waals surface area contributed by atoms with Crippen LogP contribution in [0.3, 0.4) is 0 Å². The van der Waals surface area contributed by atoms with Crippen molar-refractivity contribution in [2.75, 3.05) is 34.4 Å². The predicted molar refractivity (Wildman–Crippen MR) is 201 cm³/mol. The van der Waals surface area contributed by atoms with Crippen LogP contribution in [-0.4, -0.2) is 83.1 Å². The molecule has 15 heteroatoms. The van der Waals surface area contributed by atoms with E-state index in [2.05, 4.69) is 25.1 Å². The van der Waals surface area contributed by atoms with Crippen molar-refractivity contribution in [3.63, 3.8) is 0 Å². The maximum Gasteiger partial charge on any atom is 0.308 e. The van der Waals surface area contributed by atoms with Crippen molar-refractivity contribution in [3.8, 4) is 39.4 Å². The maximum atomic E-state index is 13.2. The Bertz CT molecular complexity index is 2160. The van der Waals surface area contributed by atoms with Gasteiger partial charge in [0, 0.05) is 72.0 Å². The SMILES string of the molecule is COC(=O)C[C@H](O)CNCc1cnc2cc(-c3cccc(-c4cccc(-c5ccc(CNC[C@H](O)CC(=O)OC)c(OC)n5)c4Cl)c3Cl)ccn2c1=O. The van der Waals surface area contributed by atoms with Crippen molar-refractivity contribution < 1.29 is 34.0 Å². The van der Waals surface area contributed by atoms with Gasteiger partial charge in [-0.05, 0) is 23.8 Å². The minimum atomic E-state index is -0.950. The van der Waals surface area contributed by atoms with Gasteiger partial charge < -0.3 is 35.1 Å². The first-order chi connectivity index (χ1) is 25.5. The summed E-state index contributed by atoms with van der Waals surface area (Å²) in [5.74, 6) is -0.640. The Labute approximate surface area is 315 Å². The molecule has 0 aliphatic rings. The van der Waals surface area contributed by atoms with Gasteiger partial charge in [0.25, 0.3) is 5.56 Å². The van der Waals surface area contributed by atoms with Crippen LogP contribution in [0, 0.1) is 0 Å². The van der Waals surface area contributed by atoms with Crippen molar-refractivity contribution in [2.45, 2.75) is 38.1 Å². The predicted octanol–water partition coefficient (Wildman–Crippen LogP) is 4.43. The quantitative estimate of drug-likeness (QED) is 0.104. The number of carbonyl (C=O) groups excluding carboxylic acids is 2. The van der Waals surface area contributed by atoms with Gasteiger partial charge in [-0.1, -0.05) is 65.7 Å². The molecule has 0 bridgehead atoms. The van der Waals surface area contributed by atoms with Crippen LogP contribution in [0.15, 0.2) is 77.9 Å². The molecule has 53 heavy (non-hydrogen) atoms. The average molecular weight is 765 g/mol. The minimum absolute atomic E-state index is 0.0982. The summed E-state index contributed by atoms with van der Waals surface area (Å²) < 4.78 is 16.2. The Morgan fingerprint density at radius 2 is 1.36 bits per heavy atom. The molecule has 0 aliphatic heterocycles. The first kappa shape index (κ1) is 39.3.